The summed E-state index contributed by atoms with van der Waals surface area (Å²) >= 11 is 1.35. The van der Waals surface area contributed by atoms with Gasteiger partial charge in [0, 0.05) is 30.0 Å². The lowest BCUT2D eigenvalue weighted by Crippen LogP contribution is -2.25. The van der Waals surface area contributed by atoms with Crippen LogP contribution in [0.1, 0.15) is 25.6 Å². The molecule has 1 aromatic carbocycles. The second-order valence-corrected chi connectivity index (χ2v) is 6.65. The minimum Gasteiger partial charge on any atom is -0.478 e. The number of hydrogen-bond acceptors (Lipinski definition) is 4. The van der Waals surface area contributed by atoms with Crippen LogP contribution in [0.25, 0.3) is 10.4 Å². The normalized spacial score (nSPS) is 10.5. The fourth-order valence-corrected chi connectivity index (χ4v) is 3.53. The van der Waals surface area contributed by atoms with Gasteiger partial charge in [-0.2, -0.15) is 0 Å². The molecule has 1 amide bonds. The first-order valence-corrected chi connectivity index (χ1v) is 8.41. The number of aryl methyl sites for hydroxylation is 1. The maximum atomic E-state index is 12.7. The molecule has 0 atom stereocenters. The van der Waals surface area contributed by atoms with Gasteiger partial charge in [0.15, 0.2) is 0 Å². The van der Waals surface area contributed by atoms with Crippen molar-refractivity contribution >= 4 is 28.9 Å². The lowest BCUT2D eigenvalue weighted by Gasteiger charge is -2.15. The van der Waals surface area contributed by atoms with Crippen LogP contribution in [0.2, 0.25) is 0 Å². The van der Waals surface area contributed by atoms with Crippen molar-refractivity contribution in [1.29, 1.82) is 0 Å². The molecule has 0 saturated heterocycles. The van der Waals surface area contributed by atoms with E-state index in [1.165, 1.54) is 11.3 Å². The number of hydrogen-bond donors (Lipinski definition) is 1. The van der Waals surface area contributed by atoms with Gasteiger partial charge in [0.2, 0.25) is 0 Å². The molecule has 2 aromatic heterocycles. The molecule has 25 heavy (non-hydrogen) atoms. The minimum atomic E-state index is -0.966. The molecule has 126 valence electrons. The SMILES string of the molecule is Cc1ccc(C(=O)O)cc1-c1ccc(C(=O)N(C)c2ccncc2)s1. The van der Waals surface area contributed by atoms with E-state index in [4.69, 9.17) is 0 Å². The number of aromatic nitrogens is 1. The lowest BCUT2D eigenvalue weighted by atomic mass is 10.0. The van der Waals surface area contributed by atoms with Gasteiger partial charge in [-0.1, -0.05) is 6.07 Å². The van der Waals surface area contributed by atoms with Crippen LogP contribution in [0.3, 0.4) is 0 Å². The maximum Gasteiger partial charge on any atom is 0.335 e. The van der Waals surface area contributed by atoms with Crippen molar-refractivity contribution in [2.75, 3.05) is 11.9 Å². The molecular formula is C19H16N2O3S. The Balaban J connectivity index is 1.92. The highest BCUT2D eigenvalue weighted by molar-refractivity contribution is 7.17. The molecule has 0 spiro atoms. The zero-order valence-electron chi connectivity index (χ0n) is 13.8. The Morgan fingerprint density at radius 1 is 1.08 bits per heavy atom. The van der Waals surface area contributed by atoms with Gasteiger partial charge in [0.05, 0.1) is 10.4 Å². The van der Waals surface area contributed by atoms with Crippen LogP contribution in [0.5, 0.6) is 0 Å². The largest absolute Gasteiger partial charge is 0.478 e. The van der Waals surface area contributed by atoms with Gasteiger partial charge in [0.1, 0.15) is 0 Å². The molecule has 0 aliphatic rings. The Labute approximate surface area is 149 Å². The number of anilines is 1. The number of aromatic carboxylic acids is 1. The number of carbonyl (C=O) groups excluding carboxylic acids is 1. The highest BCUT2D eigenvalue weighted by atomic mass is 32.1. The van der Waals surface area contributed by atoms with Crippen LogP contribution in [0.15, 0.2) is 54.9 Å². The average molecular weight is 352 g/mol. The van der Waals surface area contributed by atoms with Crippen molar-refractivity contribution in [2.45, 2.75) is 6.92 Å². The number of pyridine rings is 1. The average Bonchev–Trinajstić information content (AvgIpc) is 3.11. The summed E-state index contributed by atoms with van der Waals surface area (Å²) in [6.45, 7) is 1.92. The number of carbonyl (C=O) groups is 2. The van der Waals surface area contributed by atoms with Crippen LogP contribution in [0.4, 0.5) is 5.69 Å². The Morgan fingerprint density at radius 2 is 1.80 bits per heavy atom. The van der Waals surface area contributed by atoms with Gasteiger partial charge in [-0.05, 0) is 54.4 Å². The van der Waals surface area contributed by atoms with Gasteiger partial charge < -0.3 is 10.0 Å². The van der Waals surface area contributed by atoms with E-state index in [9.17, 15) is 14.7 Å². The molecule has 0 fully saturated rings. The molecule has 5 nitrogen and oxygen atoms in total. The standard InChI is InChI=1S/C19H16N2O3S/c1-12-3-4-13(19(23)24)11-15(12)16-5-6-17(25-16)18(22)21(2)14-7-9-20-10-8-14/h3-11H,1-2H3,(H,23,24). The highest BCUT2D eigenvalue weighted by Crippen LogP contribution is 2.32. The van der Waals surface area contributed by atoms with Crippen molar-refractivity contribution in [3.8, 4) is 10.4 Å². The van der Waals surface area contributed by atoms with Crippen LogP contribution < -0.4 is 4.90 Å². The third-order valence-corrected chi connectivity index (χ3v) is 5.03. The molecule has 0 aliphatic carbocycles. The number of thiophene rings is 1. The summed E-state index contributed by atoms with van der Waals surface area (Å²) in [6.07, 6.45) is 3.28. The number of carboxylic acid groups (broad SMARTS) is 1. The second kappa shape index (κ2) is 6.86. The van der Waals surface area contributed by atoms with E-state index in [1.54, 1.807) is 60.7 Å². The Kier molecular flexibility index (Phi) is 4.63. The Morgan fingerprint density at radius 3 is 2.48 bits per heavy atom. The topological polar surface area (TPSA) is 70.5 Å². The number of nitrogens with zero attached hydrogens (tertiary/aromatic N) is 2. The molecule has 2 heterocycles. The summed E-state index contributed by atoms with van der Waals surface area (Å²) < 4.78 is 0. The fourth-order valence-electron chi connectivity index (χ4n) is 2.47. The summed E-state index contributed by atoms with van der Waals surface area (Å²) in [7, 11) is 1.72. The van der Waals surface area contributed by atoms with Crippen molar-refractivity contribution < 1.29 is 14.7 Å². The van der Waals surface area contributed by atoms with Crippen molar-refractivity contribution in [2.24, 2.45) is 0 Å². The quantitative estimate of drug-likeness (QED) is 0.768. The van der Waals surface area contributed by atoms with Crippen molar-refractivity contribution in [3.63, 3.8) is 0 Å². The van der Waals surface area contributed by atoms with E-state index in [1.807, 2.05) is 13.0 Å². The van der Waals surface area contributed by atoms with Gasteiger partial charge in [-0.3, -0.25) is 9.78 Å². The van der Waals surface area contributed by atoms with Crippen LogP contribution >= 0.6 is 11.3 Å². The predicted molar refractivity (Wildman–Crippen MR) is 98.4 cm³/mol. The first kappa shape index (κ1) is 16.9. The zero-order valence-corrected chi connectivity index (χ0v) is 14.6. The molecule has 0 saturated carbocycles. The number of amides is 1. The molecule has 3 aromatic rings. The zero-order chi connectivity index (χ0) is 18.0. The van der Waals surface area contributed by atoms with Crippen LogP contribution in [0, 0.1) is 6.92 Å². The monoisotopic (exact) mass is 352 g/mol. The van der Waals surface area contributed by atoms with E-state index in [2.05, 4.69) is 4.98 Å². The molecule has 3 rings (SSSR count). The first-order valence-electron chi connectivity index (χ1n) is 7.59. The number of carboxylic acids is 1. The predicted octanol–water partition coefficient (Wildman–Crippen LogP) is 4.09. The van der Waals surface area contributed by atoms with E-state index < -0.39 is 5.97 Å². The summed E-state index contributed by atoms with van der Waals surface area (Å²) in [5.41, 5.74) is 2.79. The molecule has 0 radical (unpaired) electrons. The summed E-state index contributed by atoms with van der Waals surface area (Å²) in [5.74, 6) is -1.08. The Hall–Kier alpha value is -2.99. The van der Waals surface area contributed by atoms with Crippen molar-refractivity contribution in [1.82, 2.24) is 4.98 Å². The summed E-state index contributed by atoms with van der Waals surface area (Å²) in [4.78, 5) is 30.8. The third kappa shape index (κ3) is 3.44. The molecule has 1 N–H and O–H groups in total. The first-order chi connectivity index (χ1) is 12.0. The maximum absolute atomic E-state index is 12.7. The van der Waals surface area contributed by atoms with E-state index >= 15 is 0 Å². The Bertz CT molecular complexity index is 935. The number of benzene rings is 1. The van der Waals surface area contributed by atoms with Crippen LogP contribution in [-0.4, -0.2) is 29.0 Å². The molecule has 6 heteroatoms. The second-order valence-electron chi connectivity index (χ2n) is 5.57. The van der Waals surface area contributed by atoms with Gasteiger partial charge in [0.25, 0.3) is 5.91 Å². The fraction of sp³-hybridized carbons (Fsp3) is 0.105. The van der Waals surface area contributed by atoms with Gasteiger partial charge >= 0.3 is 5.97 Å². The molecule has 0 unspecified atom stereocenters. The molecule has 0 bridgehead atoms. The minimum absolute atomic E-state index is 0.116. The van der Waals surface area contributed by atoms with Gasteiger partial charge in [-0.25, -0.2) is 4.79 Å². The molecular weight excluding hydrogens is 336 g/mol. The van der Waals surface area contributed by atoms with E-state index in [0.29, 0.717) is 4.88 Å². The van der Waals surface area contributed by atoms with E-state index in [-0.39, 0.29) is 11.5 Å². The smallest absolute Gasteiger partial charge is 0.335 e. The highest BCUT2D eigenvalue weighted by Gasteiger charge is 2.17. The number of rotatable bonds is 4. The summed E-state index contributed by atoms with van der Waals surface area (Å²) in [5, 5.41) is 9.18. The third-order valence-electron chi connectivity index (χ3n) is 3.92. The summed E-state index contributed by atoms with van der Waals surface area (Å²) in [6, 6.07) is 12.2. The van der Waals surface area contributed by atoms with E-state index in [0.717, 1.165) is 21.7 Å². The van der Waals surface area contributed by atoms with Gasteiger partial charge in [-0.15, -0.1) is 11.3 Å². The lowest BCUT2D eigenvalue weighted by molar-refractivity contribution is 0.0696. The molecule has 0 aliphatic heterocycles. The van der Waals surface area contributed by atoms with Crippen molar-refractivity contribution in [3.05, 3.63) is 70.9 Å². The van der Waals surface area contributed by atoms with Crippen LogP contribution in [-0.2, 0) is 0 Å².